The van der Waals surface area contributed by atoms with Crippen LogP contribution < -0.4 is 0 Å². The van der Waals surface area contributed by atoms with E-state index in [0.29, 0.717) is 5.56 Å². The van der Waals surface area contributed by atoms with Gasteiger partial charge in [-0.15, -0.1) is 0 Å². The molecule has 0 amide bonds. The van der Waals surface area contributed by atoms with Gasteiger partial charge >= 0.3 is 5.97 Å². The maximum atomic E-state index is 14.5. The van der Waals surface area contributed by atoms with E-state index in [1.807, 2.05) is 146 Å². The molecule has 12 nitrogen and oxygen atoms in total. The topological polar surface area (TPSA) is 119 Å². The summed E-state index contributed by atoms with van der Waals surface area (Å²) < 4.78 is 73.2. The Labute approximate surface area is 361 Å². The molecular weight excluding hydrogens is 793 g/mol. The van der Waals surface area contributed by atoms with Gasteiger partial charge in [-0.05, 0) is 40.8 Å². The first-order chi connectivity index (χ1) is 30.5. The Hall–Kier alpha value is -4.83. The molecule has 324 valence electrons. The van der Waals surface area contributed by atoms with Gasteiger partial charge < -0.3 is 52.1 Å². The first-order valence-electron chi connectivity index (χ1n) is 21.2. The number of esters is 1. The van der Waals surface area contributed by atoms with Crippen LogP contribution in [0.4, 0.5) is 0 Å². The lowest BCUT2D eigenvalue weighted by Gasteiger charge is -2.51. The van der Waals surface area contributed by atoms with Crippen LogP contribution in [0.1, 0.15) is 50.0 Å². The van der Waals surface area contributed by atoms with Gasteiger partial charge in [0.05, 0.1) is 45.2 Å². The maximum Gasteiger partial charge on any atom is 0.338 e. The molecule has 0 spiro atoms. The average Bonchev–Trinajstić information content (AvgIpc) is 3.32. The van der Waals surface area contributed by atoms with Gasteiger partial charge in [-0.25, -0.2) is 4.79 Å². The second-order valence-electron chi connectivity index (χ2n) is 15.9. The number of aryl methyl sites for hydroxylation is 1. The van der Waals surface area contributed by atoms with E-state index in [0.717, 1.165) is 33.4 Å². The lowest BCUT2D eigenvalue weighted by atomic mass is 9.95. The molecule has 0 saturated carbocycles. The Bertz CT molecular complexity index is 2180. The number of methoxy groups -OCH3 is 1. The van der Waals surface area contributed by atoms with Crippen molar-refractivity contribution in [2.75, 3.05) is 20.3 Å². The molecule has 4 aliphatic rings. The van der Waals surface area contributed by atoms with E-state index in [2.05, 4.69) is 0 Å². The van der Waals surface area contributed by atoms with Crippen molar-refractivity contribution in [3.05, 3.63) is 178 Å². The molecule has 3 fully saturated rings. The molecule has 0 radical (unpaired) electrons. The van der Waals surface area contributed by atoms with E-state index in [1.165, 1.54) is 0 Å². The van der Waals surface area contributed by atoms with Gasteiger partial charge in [0, 0.05) is 12.7 Å². The van der Waals surface area contributed by atoms with Crippen molar-refractivity contribution in [3.8, 4) is 0 Å². The third kappa shape index (κ3) is 9.85. The van der Waals surface area contributed by atoms with Crippen molar-refractivity contribution in [3.63, 3.8) is 0 Å². The molecule has 0 aromatic heterocycles. The number of carbonyl (C=O) groups is 1. The molecule has 4 bridgehead atoms. The van der Waals surface area contributed by atoms with Crippen LogP contribution in [0.25, 0.3) is 0 Å². The highest BCUT2D eigenvalue weighted by atomic mass is 16.8. The van der Waals surface area contributed by atoms with Gasteiger partial charge in [0.1, 0.15) is 42.7 Å². The summed E-state index contributed by atoms with van der Waals surface area (Å²) in [5.74, 6) is -0.536. The lowest BCUT2D eigenvalue weighted by Crippen LogP contribution is -2.67. The second-order valence-corrected chi connectivity index (χ2v) is 15.9. The highest BCUT2D eigenvalue weighted by Gasteiger charge is 2.56. The molecule has 62 heavy (non-hydrogen) atoms. The zero-order valence-electron chi connectivity index (χ0n) is 34.8. The summed E-state index contributed by atoms with van der Waals surface area (Å²) >= 11 is 0. The Morgan fingerprint density at radius 3 is 1.79 bits per heavy atom. The molecular formula is C50H52O12. The van der Waals surface area contributed by atoms with Crippen molar-refractivity contribution in [1.29, 1.82) is 0 Å². The second kappa shape index (κ2) is 20.1. The molecule has 9 rings (SSSR count). The number of ether oxygens (including phenoxy) is 11. The highest BCUT2D eigenvalue weighted by Crippen LogP contribution is 2.40. The van der Waals surface area contributed by atoms with Crippen LogP contribution in [0.2, 0.25) is 0 Å². The van der Waals surface area contributed by atoms with E-state index in [-0.39, 0.29) is 39.6 Å². The smallest absolute Gasteiger partial charge is 0.338 e. The fourth-order valence-electron chi connectivity index (χ4n) is 8.39. The first-order valence-corrected chi connectivity index (χ1v) is 21.2. The minimum absolute atomic E-state index is 0.0809. The number of rotatable bonds is 11. The zero-order valence-corrected chi connectivity index (χ0v) is 34.8. The minimum Gasteiger partial charge on any atom is -0.453 e. The molecule has 0 aliphatic carbocycles. The van der Waals surface area contributed by atoms with Crippen molar-refractivity contribution in [1.82, 2.24) is 0 Å². The molecule has 5 aromatic rings. The summed E-state index contributed by atoms with van der Waals surface area (Å²) in [6.07, 6.45) is -9.51. The fraction of sp³-hybridized carbons (Fsp3) is 0.380. The predicted octanol–water partition coefficient (Wildman–Crippen LogP) is 7.40. The van der Waals surface area contributed by atoms with Crippen molar-refractivity contribution in [2.45, 2.75) is 101 Å². The quantitative estimate of drug-likeness (QED) is 0.123. The van der Waals surface area contributed by atoms with E-state index < -0.39 is 73.7 Å². The molecule has 4 heterocycles. The summed E-state index contributed by atoms with van der Waals surface area (Å²) in [5, 5.41) is 0. The normalized spacial score (nSPS) is 30.0. The van der Waals surface area contributed by atoms with E-state index >= 15 is 0 Å². The van der Waals surface area contributed by atoms with E-state index in [9.17, 15) is 4.79 Å². The van der Waals surface area contributed by atoms with Crippen LogP contribution in [0.15, 0.2) is 140 Å². The van der Waals surface area contributed by atoms with Crippen LogP contribution >= 0.6 is 0 Å². The Morgan fingerprint density at radius 2 is 1.16 bits per heavy atom. The number of hydrogen-bond donors (Lipinski definition) is 0. The Morgan fingerprint density at radius 1 is 0.581 bits per heavy atom. The van der Waals surface area contributed by atoms with Crippen LogP contribution in [0.5, 0.6) is 0 Å². The van der Waals surface area contributed by atoms with E-state index in [1.54, 1.807) is 7.11 Å². The summed E-state index contributed by atoms with van der Waals surface area (Å²) in [6, 6.07) is 44.8. The van der Waals surface area contributed by atoms with Crippen molar-refractivity contribution < 1.29 is 56.9 Å². The van der Waals surface area contributed by atoms with Crippen LogP contribution in [0, 0.1) is 6.92 Å². The monoisotopic (exact) mass is 844 g/mol. The van der Waals surface area contributed by atoms with Gasteiger partial charge in [-0.1, -0.05) is 133 Å². The van der Waals surface area contributed by atoms with Gasteiger partial charge in [-0.3, -0.25) is 0 Å². The molecule has 4 aliphatic heterocycles. The zero-order chi connectivity index (χ0) is 42.3. The minimum atomic E-state index is -1.15. The van der Waals surface area contributed by atoms with Gasteiger partial charge in [-0.2, -0.15) is 0 Å². The molecule has 0 unspecified atom stereocenters. The highest BCUT2D eigenvalue weighted by molar-refractivity contribution is 5.91. The van der Waals surface area contributed by atoms with Crippen LogP contribution in [-0.4, -0.2) is 87.7 Å². The number of hydrogen-bond acceptors (Lipinski definition) is 12. The van der Waals surface area contributed by atoms with Gasteiger partial charge in [0.2, 0.25) is 0 Å². The maximum absolute atomic E-state index is 14.5. The standard InChI is InChI=1S/C50H52O12/c1-32-23-24-36-25-38(32)47(51)60-44-42-40(31-57-48(61-42)37-21-13-6-14-22-37)59-50(46(44)56-29-35-19-11-5-12-20-35)62-41-39(30-53-26-36)58-49(52-2)45(55-28-34-17-9-4-10-18-34)43(41)54-27-33-15-7-3-8-16-33/h3-25,39-46,48-50H,26-31H2,1-2H3/t39-,40-,41-,42-,43+,44+,45-,46-,48-,49+,50+/m1/s1. The molecule has 0 N–H and O–H groups in total. The van der Waals surface area contributed by atoms with E-state index in [4.69, 9.17) is 52.1 Å². The third-order valence-corrected chi connectivity index (χ3v) is 11.6. The third-order valence-electron chi connectivity index (χ3n) is 11.6. The lowest BCUT2D eigenvalue weighted by molar-refractivity contribution is -0.392. The van der Waals surface area contributed by atoms with Crippen molar-refractivity contribution >= 4 is 5.97 Å². The molecule has 3 saturated heterocycles. The van der Waals surface area contributed by atoms with Crippen molar-refractivity contribution in [2.24, 2.45) is 0 Å². The summed E-state index contributed by atoms with van der Waals surface area (Å²) in [7, 11) is 1.58. The SMILES string of the molecule is CO[C@H]1O[C@@H]2COCc3ccc(C)c(c3)C(=O)O[C@@H]3[C@@H](OCc4ccccc4)[C@H](O[C@H]2[C@H](OCc2ccccc2)[C@H]1OCc1ccccc1)O[C@@H]1CO[C@@H](c2ccccc2)O[C@@H]31. The van der Waals surface area contributed by atoms with Crippen LogP contribution in [0.3, 0.4) is 0 Å². The fourth-order valence-corrected chi connectivity index (χ4v) is 8.39. The first kappa shape index (κ1) is 42.5. The molecule has 12 heteroatoms. The number of carbonyl (C=O) groups excluding carboxylic acids is 1. The number of benzene rings is 5. The number of fused-ring (bicyclic) bond motifs is 7. The average molecular weight is 845 g/mol. The Kier molecular flexibility index (Phi) is 13.8. The summed E-state index contributed by atoms with van der Waals surface area (Å²) in [5.41, 5.74) is 5.57. The molecule has 5 aromatic carbocycles. The Balaban J connectivity index is 1.13. The van der Waals surface area contributed by atoms with Gasteiger partial charge in [0.15, 0.2) is 25.0 Å². The predicted molar refractivity (Wildman–Crippen MR) is 224 cm³/mol. The van der Waals surface area contributed by atoms with Crippen LogP contribution in [-0.2, 0) is 78.5 Å². The largest absolute Gasteiger partial charge is 0.453 e. The molecule has 11 atom stereocenters. The summed E-state index contributed by atoms with van der Waals surface area (Å²) in [6.45, 7) is 2.91. The summed E-state index contributed by atoms with van der Waals surface area (Å²) in [4.78, 5) is 14.5. The van der Waals surface area contributed by atoms with Gasteiger partial charge in [0.25, 0.3) is 0 Å².